The molecule has 2 aromatic carbocycles. The van der Waals surface area contributed by atoms with Crippen molar-refractivity contribution < 1.29 is 16.8 Å². The molecule has 0 aliphatic carbocycles. The van der Waals surface area contributed by atoms with Gasteiger partial charge in [-0.25, -0.2) is 17.3 Å². The fourth-order valence-corrected chi connectivity index (χ4v) is 4.40. The van der Waals surface area contributed by atoms with Crippen LogP contribution in [0.25, 0.3) is 0 Å². The van der Waals surface area contributed by atoms with Crippen molar-refractivity contribution in [3.8, 4) is 0 Å². The van der Waals surface area contributed by atoms with Gasteiger partial charge >= 0.3 is 0 Å². The quantitative estimate of drug-likeness (QED) is 0.753. The molecule has 0 saturated heterocycles. The molecule has 27 heavy (non-hydrogen) atoms. The van der Waals surface area contributed by atoms with Crippen molar-refractivity contribution in [2.75, 3.05) is 0 Å². The van der Waals surface area contributed by atoms with Crippen LogP contribution in [0, 0.1) is 6.92 Å². The minimum absolute atomic E-state index is 0.184. The molecule has 0 aliphatic heterocycles. The third-order valence-electron chi connectivity index (χ3n) is 3.95. The van der Waals surface area contributed by atoms with Gasteiger partial charge in [-0.3, -0.25) is 4.18 Å². The van der Waals surface area contributed by atoms with Gasteiger partial charge in [0.15, 0.2) is 11.1 Å². The molecule has 148 valence electrons. The summed E-state index contributed by atoms with van der Waals surface area (Å²) in [5.74, 6) is 0. The standard InChI is InChI=1S/C20H27NO4S2/c1-15-11-13-18(14-12-15)27(23,24)21-16(2)19(17-9-7-6-8-10-17)25-26(22)20(3,4)5/h6-14,16,19,21H,1-5H3. The summed E-state index contributed by atoms with van der Waals surface area (Å²) in [5.41, 5.74) is 1.74. The van der Waals surface area contributed by atoms with E-state index in [1.165, 1.54) is 0 Å². The van der Waals surface area contributed by atoms with Gasteiger partial charge in [0, 0.05) is 0 Å². The largest absolute Gasteiger partial charge is 0.280 e. The van der Waals surface area contributed by atoms with Crippen molar-refractivity contribution in [3.05, 3.63) is 65.7 Å². The van der Waals surface area contributed by atoms with E-state index < -0.39 is 38.0 Å². The van der Waals surface area contributed by atoms with Crippen LogP contribution >= 0.6 is 0 Å². The predicted molar refractivity (Wildman–Crippen MR) is 109 cm³/mol. The maximum absolute atomic E-state index is 12.7. The van der Waals surface area contributed by atoms with Crippen molar-refractivity contribution in [1.82, 2.24) is 4.72 Å². The zero-order valence-corrected chi connectivity index (χ0v) is 17.9. The molecule has 0 bridgehead atoms. The van der Waals surface area contributed by atoms with Crippen molar-refractivity contribution in [3.63, 3.8) is 0 Å². The zero-order valence-electron chi connectivity index (χ0n) is 16.3. The van der Waals surface area contributed by atoms with Gasteiger partial charge in [-0.15, -0.1) is 0 Å². The van der Waals surface area contributed by atoms with Gasteiger partial charge in [-0.2, -0.15) is 0 Å². The fraction of sp³-hybridized carbons (Fsp3) is 0.400. The highest BCUT2D eigenvalue weighted by Crippen LogP contribution is 2.27. The van der Waals surface area contributed by atoms with Gasteiger partial charge in [0.1, 0.15) is 6.10 Å². The summed E-state index contributed by atoms with van der Waals surface area (Å²) in [5, 5.41) is 0. The monoisotopic (exact) mass is 409 g/mol. The van der Waals surface area contributed by atoms with Gasteiger partial charge in [-0.1, -0.05) is 48.0 Å². The Morgan fingerprint density at radius 3 is 2.07 bits per heavy atom. The average Bonchev–Trinajstić information content (AvgIpc) is 2.59. The van der Waals surface area contributed by atoms with E-state index in [-0.39, 0.29) is 4.90 Å². The molecular weight excluding hydrogens is 382 g/mol. The number of benzene rings is 2. The Hall–Kier alpha value is -1.54. The van der Waals surface area contributed by atoms with E-state index >= 15 is 0 Å². The van der Waals surface area contributed by atoms with Crippen LogP contribution < -0.4 is 4.72 Å². The molecule has 0 radical (unpaired) electrons. The molecule has 0 amide bonds. The third kappa shape index (κ3) is 5.97. The lowest BCUT2D eigenvalue weighted by molar-refractivity contribution is 0.190. The van der Waals surface area contributed by atoms with Gasteiger partial charge in [-0.05, 0) is 52.3 Å². The summed E-state index contributed by atoms with van der Waals surface area (Å²) in [4.78, 5) is 0.184. The maximum Gasteiger partial charge on any atom is 0.240 e. The lowest BCUT2D eigenvalue weighted by Crippen LogP contribution is -2.39. The van der Waals surface area contributed by atoms with Crippen molar-refractivity contribution >= 4 is 21.1 Å². The highest BCUT2D eigenvalue weighted by molar-refractivity contribution is 7.89. The van der Waals surface area contributed by atoms with Crippen LogP contribution in [0.2, 0.25) is 0 Å². The summed E-state index contributed by atoms with van der Waals surface area (Å²) in [7, 11) is -3.73. The first-order valence-corrected chi connectivity index (χ1v) is 11.3. The molecule has 0 saturated carbocycles. The minimum Gasteiger partial charge on any atom is -0.280 e. The van der Waals surface area contributed by atoms with Crippen LogP contribution in [0.4, 0.5) is 0 Å². The Morgan fingerprint density at radius 2 is 1.56 bits per heavy atom. The smallest absolute Gasteiger partial charge is 0.240 e. The first kappa shape index (κ1) is 21.8. The Kier molecular flexibility index (Phi) is 6.97. The molecule has 0 aromatic heterocycles. The van der Waals surface area contributed by atoms with Crippen LogP contribution in [-0.2, 0) is 25.3 Å². The van der Waals surface area contributed by atoms with E-state index in [0.717, 1.165) is 11.1 Å². The topological polar surface area (TPSA) is 72.5 Å². The number of hydrogen-bond donors (Lipinski definition) is 1. The Bertz CT molecular complexity index is 872. The average molecular weight is 410 g/mol. The molecule has 0 aliphatic rings. The van der Waals surface area contributed by atoms with Gasteiger partial charge in [0.25, 0.3) is 0 Å². The first-order chi connectivity index (χ1) is 12.5. The molecule has 2 rings (SSSR count). The SMILES string of the molecule is Cc1ccc(S(=O)(=O)NC(C)C(OS(=O)C(C)(C)C)c2ccccc2)cc1. The molecule has 0 fully saturated rings. The van der Waals surface area contributed by atoms with Crippen LogP contribution in [0.15, 0.2) is 59.5 Å². The highest BCUT2D eigenvalue weighted by atomic mass is 32.2. The second-order valence-electron chi connectivity index (χ2n) is 7.50. The molecule has 0 spiro atoms. The van der Waals surface area contributed by atoms with E-state index in [1.54, 1.807) is 31.2 Å². The molecule has 2 aromatic rings. The number of sulfonamides is 1. The Balaban J connectivity index is 2.29. The van der Waals surface area contributed by atoms with Crippen LogP contribution in [0.1, 0.15) is 44.9 Å². The summed E-state index contributed by atoms with van der Waals surface area (Å²) >= 11 is -1.60. The molecule has 3 unspecified atom stereocenters. The number of hydrogen-bond acceptors (Lipinski definition) is 4. The Labute approximate surface area is 164 Å². The molecule has 5 nitrogen and oxygen atoms in total. The lowest BCUT2D eigenvalue weighted by Gasteiger charge is -2.28. The van der Waals surface area contributed by atoms with Gasteiger partial charge < -0.3 is 0 Å². The first-order valence-electron chi connectivity index (χ1n) is 8.73. The predicted octanol–water partition coefficient (Wildman–Crippen LogP) is 3.88. The molecular formula is C20H27NO4S2. The highest BCUT2D eigenvalue weighted by Gasteiger charge is 2.31. The number of aryl methyl sites for hydroxylation is 1. The van der Waals surface area contributed by atoms with E-state index in [9.17, 15) is 12.6 Å². The normalized spacial score (nSPS) is 15.9. The number of nitrogens with one attached hydrogen (secondary N) is 1. The van der Waals surface area contributed by atoms with Crippen molar-refractivity contribution in [2.24, 2.45) is 0 Å². The fourth-order valence-electron chi connectivity index (χ4n) is 2.40. The molecule has 3 atom stereocenters. The van der Waals surface area contributed by atoms with Crippen molar-refractivity contribution in [2.45, 2.75) is 56.4 Å². The Morgan fingerprint density at radius 1 is 1.00 bits per heavy atom. The molecule has 1 N–H and O–H groups in total. The van der Waals surface area contributed by atoms with E-state index in [1.807, 2.05) is 58.0 Å². The van der Waals surface area contributed by atoms with E-state index in [0.29, 0.717) is 0 Å². The minimum atomic E-state index is -3.73. The third-order valence-corrected chi connectivity index (χ3v) is 6.90. The molecule has 0 heterocycles. The van der Waals surface area contributed by atoms with Gasteiger partial charge in [0.05, 0.1) is 15.7 Å². The van der Waals surface area contributed by atoms with E-state index in [2.05, 4.69) is 4.72 Å². The summed E-state index contributed by atoms with van der Waals surface area (Å²) in [6.07, 6.45) is -0.688. The summed E-state index contributed by atoms with van der Waals surface area (Å²) in [6.45, 7) is 9.04. The van der Waals surface area contributed by atoms with Gasteiger partial charge in [0.2, 0.25) is 10.0 Å². The second-order valence-corrected chi connectivity index (χ2v) is 11.1. The lowest BCUT2D eigenvalue weighted by atomic mass is 10.0. The number of rotatable bonds is 7. The van der Waals surface area contributed by atoms with Crippen LogP contribution in [-0.4, -0.2) is 23.4 Å². The second kappa shape index (κ2) is 8.65. The van der Waals surface area contributed by atoms with Crippen molar-refractivity contribution in [1.29, 1.82) is 0 Å². The summed E-state index contributed by atoms with van der Waals surface area (Å²) in [6, 6.07) is 15.2. The van der Waals surface area contributed by atoms with E-state index in [4.69, 9.17) is 4.18 Å². The van der Waals surface area contributed by atoms with Crippen LogP contribution in [0.3, 0.4) is 0 Å². The van der Waals surface area contributed by atoms with Crippen LogP contribution in [0.5, 0.6) is 0 Å². The summed E-state index contributed by atoms with van der Waals surface area (Å²) < 4.78 is 45.9. The maximum atomic E-state index is 12.7. The molecule has 7 heteroatoms. The zero-order chi connectivity index (χ0) is 20.2.